The zero-order valence-corrected chi connectivity index (χ0v) is 13.9. The third-order valence-corrected chi connectivity index (χ3v) is 5.20. The lowest BCUT2D eigenvalue weighted by atomic mass is 9.97. The zero-order valence-electron chi connectivity index (χ0n) is 13.0. The Morgan fingerprint density at radius 3 is 3.09 bits per heavy atom. The van der Waals surface area contributed by atoms with Crippen LogP contribution in [0.15, 0.2) is 4.79 Å². The Kier molecular flexibility index (Phi) is 5.23. The van der Waals surface area contributed by atoms with E-state index in [-0.39, 0.29) is 5.56 Å². The Labute approximate surface area is 134 Å². The molecule has 0 atom stereocenters. The minimum Gasteiger partial charge on any atom is -0.382 e. The molecule has 6 heteroatoms. The summed E-state index contributed by atoms with van der Waals surface area (Å²) >= 11 is 1.70. The molecule has 2 aromatic rings. The zero-order chi connectivity index (χ0) is 15.4. The standard InChI is InChI=1S/C16H23N3O2S/c1-2-21-9-5-8-17-10-13-18-15(20)14-11-6-3-4-7-12(11)22-16(14)19-13/h17H,2-10H2,1H3,(H,18,19,20). The van der Waals surface area contributed by atoms with Crippen LogP contribution in [-0.4, -0.2) is 29.7 Å². The summed E-state index contributed by atoms with van der Waals surface area (Å²) < 4.78 is 5.30. The molecule has 3 rings (SSSR count). The van der Waals surface area contributed by atoms with Crippen LogP contribution in [-0.2, 0) is 24.1 Å². The number of thiophene rings is 1. The molecule has 1 aliphatic rings. The van der Waals surface area contributed by atoms with E-state index in [1.165, 1.54) is 23.3 Å². The summed E-state index contributed by atoms with van der Waals surface area (Å²) in [5.74, 6) is 0.729. The van der Waals surface area contributed by atoms with Crippen molar-refractivity contribution in [3.63, 3.8) is 0 Å². The van der Waals surface area contributed by atoms with E-state index in [9.17, 15) is 4.79 Å². The third-order valence-electron chi connectivity index (χ3n) is 4.01. The van der Waals surface area contributed by atoms with Gasteiger partial charge in [0.1, 0.15) is 10.7 Å². The highest BCUT2D eigenvalue weighted by Crippen LogP contribution is 2.33. The number of aromatic amines is 1. The Bertz CT molecular complexity index is 692. The van der Waals surface area contributed by atoms with Gasteiger partial charge in [0.15, 0.2) is 0 Å². The summed E-state index contributed by atoms with van der Waals surface area (Å²) in [6, 6.07) is 0. The molecule has 0 amide bonds. The Balaban J connectivity index is 1.69. The number of H-pyrrole nitrogens is 1. The Morgan fingerprint density at radius 2 is 2.23 bits per heavy atom. The van der Waals surface area contributed by atoms with Crippen molar-refractivity contribution in [3.8, 4) is 0 Å². The molecule has 22 heavy (non-hydrogen) atoms. The van der Waals surface area contributed by atoms with Gasteiger partial charge in [0.2, 0.25) is 0 Å². The molecule has 1 aliphatic carbocycles. The van der Waals surface area contributed by atoms with Crippen LogP contribution in [0.25, 0.3) is 10.2 Å². The van der Waals surface area contributed by atoms with Crippen LogP contribution in [0.1, 0.15) is 42.5 Å². The maximum Gasteiger partial charge on any atom is 0.259 e. The minimum absolute atomic E-state index is 0.0236. The summed E-state index contributed by atoms with van der Waals surface area (Å²) in [7, 11) is 0. The molecular weight excluding hydrogens is 298 g/mol. The van der Waals surface area contributed by atoms with Gasteiger partial charge in [0.25, 0.3) is 5.56 Å². The number of aromatic nitrogens is 2. The average Bonchev–Trinajstić information content (AvgIpc) is 2.89. The van der Waals surface area contributed by atoms with Gasteiger partial charge in [-0.25, -0.2) is 4.98 Å². The number of fused-ring (bicyclic) bond motifs is 3. The van der Waals surface area contributed by atoms with E-state index in [1.54, 1.807) is 11.3 Å². The van der Waals surface area contributed by atoms with Crippen LogP contribution >= 0.6 is 11.3 Å². The maximum atomic E-state index is 12.4. The smallest absolute Gasteiger partial charge is 0.259 e. The second kappa shape index (κ2) is 7.35. The van der Waals surface area contributed by atoms with Gasteiger partial charge in [-0.15, -0.1) is 11.3 Å². The lowest BCUT2D eigenvalue weighted by molar-refractivity contribution is 0.144. The fourth-order valence-corrected chi connectivity index (χ4v) is 4.22. The summed E-state index contributed by atoms with van der Waals surface area (Å²) in [5.41, 5.74) is 1.27. The maximum absolute atomic E-state index is 12.4. The summed E-state index contributed by atoms with van der Waals surface area (Å²) in [6.45, 7) is 4.99. The van der Waals surface area contributed by atoms with Crippen molar-refractivity contribution in [2.24, 2.45) is 0 Å². The van der Waals surface area contributed by atoms with E-state index in [0.29, 0.717) is 6.54 Å². The molecule has 120 valence electrons. The van der Waals surface area contributed by atoms with Gasteiger partial charge in [-0.2, -0.15) is 0 Å². The predicted molar refractivity (Wildman–Crippen MR) is 89.7 cm³/mol. The van der Waals surface area contributed by atoms with E-state index >= 15 is 0 Å². The van der Waals surface area contributed by atoms with Crippen molar-refractivity contribution in [2.45, 2.75) is 45.6 Å². The fourth-order valence-electron chi connectivity index (χ4n) is 2.94. The molecule has 0 spiro atoms. The van der Waals surface area contributed by atoms with Crippen LogP contribution in [0.4, 0.5) is 0 Å². The van der Waals surface area contributed by atoms with Gasteiger partial charge in [-0.3, -0.25) is 4.79 Å². The lowest BCUT2D eigenvalue weighted by Crippen LogP contribution is -2.21. The molecule has 5 nitrogen and oxygen atoms in total. The summed E-state index contributed by atoms with van der Waals surface area (Å²) in [6.07, 6.45) is 5.50. The van der Waals surface area contributed by atoms with Gasteiger partial charge in [-0.05, 0) is 51.1 Å². The van der Waals surface area contributed by atoms with Crippen molar-refractivity contribution >= 4 is 21.6 Å². The average molecular weight is 321 g/mol. The first kappa shape index (κ1) is 15.6. The number of hydrogen-bond donors (Lipinski definition) is 2. The molecule has 0 unspecified atom stereocenters. The monoisotopic (exact) mass is 321 g/mol. The molecule has 0 aliphatic heterocycles. The third kappa shape index (κ3) is 3.39. The molecule has 0 fully saturated rings. The largest absolute Gasteiger partial charge is 0.382 e. The number of aryl methyl sites for hydroxylation is 2. The van der Waals surface area contributed by atoms with E-state index in [0.717, 1.165) is 55.1 Å². The van der Waals surface area contributed by atoms with E-state index < -0.39 is 0 Å². The number of hydrogen-bond acceptors (Lipinski definition) is 5. The number of rotatable bonds is 7. The lowest BCUT2D eigenvalue weighted by Gasteiger charge is -2.09. The number of ether oxygens (including phenoxy) is 1. The van der Waals surface area contributed by atoms with Crippen molar-refractivity contribution in [1.82, 2.24) is 15.3 Å². The Morgan fingerprint density at radius 1 is 1.36 bits per heavy atom. The van der Waals surface area contributed by atoms with E-state index in [2.05, 4.69) is 15.3 Å². The highest BCUT2D eigenvalue weighted by atomic mass is 32.1. The normalized spacial score (nSPS) is 14.4. The van der Waals surface area contributed by atoms with E-state index in [4.69, 9.17) is 4.74 Å². The summed E-state index contributed by atoms with van der Waals surface area (Å²) in [4.78, 5) is 22.2. The first-order valence-electron chi connectivity index (χ1n) is 8.11. The van der Waals surface area contributed by atoms with Crippen molar-refractivity contribution in [2.75, 3.05) is 19.8 Å². The fraction of sp³-hybridized carbons (Fsp3) is 0.625. The van der Waals surface area contributed by atoms with Crippen LogP contribution in [0.2, 0.25) is 0 Å². The predicted octanol–water partition coefficient (Wildman–Crippen LogP) is 2.38. The van der Waals surface area contributed by atoms with Crippen molar-refractivity contribution in [1.29, 1.82) is 0 Å². The topological polar surface area (TPSA) is 67.0 Å². The first-order valence-corrected chi connectivity index (χ1v) is 8.93. The molecule has 0 bridgehead atoms. The Hall–Kier alpha value is -1.24. The molecule has 0 saturated heterocycles. The molecule has 2 aromatic heterocycles. The molecule has 0 saturated carbocycles. The first-order chi connectivity index (χ1) is 10.8. The molecule has 0 aromatic carbocycles. The van der Waals surface area contributed by atoms with Gasteiger partial charge >= 0.3 is 0 Å². The van der Waals surface area contributed by atoms with Gasteiger partial charge in [0, 0.05) is 18.1 Å². The quantitative estimate of drug-likeness (QED) is 0.768. The second-order valence-corrected chi connectivity index (χ2v) is 6.71. The van der Waals surface area contributed by atoms with Crippen LogP contribution < -0.4 is 10.9 Å². The number of nitrogens with one attached hydrogen (secondary N) is 2. The minimum atomic E-state index is 0.0236. The van der Waals surface area contributed by atoms with Gasteiger partial charge in [-0.1, -0.05) is 0 Å². The number of nitrogens with zero attached hydrogens (tertiary/aromatic N) is 1. The molecule has 0 radical (unpaired) electrons. The van der Waals surface area contributed by atoms with Gasteiger partial charge in [0.05, 0.1) is 11.9 Å². The molecule has 2 N–H and O–H groups in total. The summed E-state index contributed by atoms with van der Waals surface area (Å²) in [5, 5.41) is 4.14. The van der Waals surface area contributed by atoms with Crippen molar-refractivity contribution < 1.29 is 4.74 Å². The van der Waals surface area contributed by atoms with Gasteiger partial charge < -0.3 is 15.0 Å². The highest BCUT2D eigenvalue weighted by Gasteiger charge is 2.19. The van der Waals surface area contributed by atoms with Crippen LogP contribution in [0.5, 0.6) is 0 Å². The van der Waals surface area contributed by atoms with Crippen LogP contribution in [0, 0.1) is 0 Å². The molecular formula is C16H23N3O2S. The molecule has 2 heterocycles. The SMILES string of the molecule is CCOCCCNCc1nc2sc3c(c2c(=O)[nH]1)CCCC3. The second-order valence-electron chi connectivity index (χ2n) is 5.63. The highest BCUT2D eigenvalue weighted by molar-refractivity contribution is 7.18. The van der Waals surface area contributed by atoms with Crippen LogP contribution in [0.3, 0.4) is 0 Å². The van der Waals surface area contributed by atoms with Crippen molar-refractivity contribution in [3.05, 3.63) is 26.6 Å². The van der Waals surface area contributed by atoms with E-state index in [1.807, 2.05) is 6.92 Å².